The van der Waals surface area contributed by atoms with E-state index in [1.807, 2.05) is 61.3 Å². The van der Waals surface area contributed by atoms with Crippen LogP contribution in [0.2, 0.25) is 5.02 Å². The van der Waals surface area contributed by atoms with Gasteiger partial charge in [0.05, 0.1) is 13.1 Å². The second-order valence-corrected chi connectivity index (χ2v) is 9.41. The van der Waals surface area contributed by atoms with Crippen LogP contribution in [0, 0.1) is 5.92 Å². The van der Waals surface area contributed by atoms with E-state index in [1.54, 1.807) is 4.90 Å². The van der Waals surface area contributed by atoms with Crippen LogP contribution in [-0.4, -0.2) is 59.0 Å². The predicted molar refractivity (Wildman–Crippen MR) is 138 cm³/mol. The number of hydrogen-bond acceptors (Lipinski definition) is 3. The molecule has 2 rings (SSSR count). The zero-order valence-electron chi connectivity index (χ0n) is 21.1. The van der Waals surface area contributed by atoms with Crippen molar-refractivity contribution in [3.63, 3.8) is 0 Å². The molecule has 1 aromatic carbocycles. The van der Waals surface area contributed by atoms with Gasteiger partial charge in [0.15, 0.2) is 0 Å². The van der Waals surface area contributed by atoms with E-state index in [-0.39, 0.29) is 18.4 Å². The summed E-state index contributed by atoms with van der Waals surface area (Å²) in [7, 11) is 0. The summed E-state index contributed by atoms with van der Waals surface area (Å²) in [6, 6.07) is 11.8. The van der Waals surface area contributed by atoms with Gasteiger partial charge in [-0.25, -0.2) is 0 Å². The lowest BCUT2D eigenvalue weighted by Gasteiger charge is -2.29. The van der Waals surface area contributed by atoms with Crippen LogP contribution < -0.4 is 0 Å². The Kier molecular flexibility index (Phi) is 12.2. The van der Waals surface area contributed by atoms with Gasteiger partial charge in [0, 0.05) is 56.2 Å². The number of halogens is 1. The molecule has 2 aromatic rings. The maximum absolute atomic E-state index is 13.4. The van der Waals surface area contributed by atoms with Gasteiger partial charge in [0.25, 0.3) is 0 Å². The number of ether oxygens (including phenoxy) is 1. The van der Waals surface area contributed by atoms with Crippen molar-refractivity contribution in [3.8, 4) is 0 Å². The van der Waals surface area contributed by atoms with Crippen molar-refractivity contribution in [3.05, 3.63) is 58.9 Å². The molecule has 34 heavy (non-hydrogen) atoms. The molecule has 6 nitrogen and oxygen atoms in total. The Morgan fingerprint density at radius 2 is 1.82 bits per heavy atom. The fraction of sp³-hybridized carbons (Fsp3) is 0.556. The number of carbonyl (C=O) groups excluding carboxylic acids is 2. The quantitative estimate of drug-likeness (QED) is 0.322. The number of nitrogens with zero attached hydrogens (tertiary/aromatic N) is 3. The van der Waals surface area contributed by atoms with Crippen LogP contribution in [0.15, 0.2) is 42.6 Å². The molecule has 0 saturated carbocycles. The third kappa shape index (κ3) is 9.15. The van der Waals surface area contributed by atoms with Crippen LogP contribution in [-0.2, 0) is 27.4 Å². The highest BCUT2D eigenvalue weighted by Gasteiger charge is 2.22. The Morgan fingerprint density at radius 1 is 1.06 bits per heavy atom. The van der Waals surface area contributed by atoms with E-state index in [1.165, 1.54) is 0 Å². The summed E-state index contributed by atoms with van der Waals surface area (Å²) in [4.78, 5) is 29.7. The van der Waals surface area contributed by atoms with Crippen molar-refractivity contribution in [2.45, 2.75) is 60.0 Å². The molecule has 0 fully saturated rings. The SMILES string of the molecule is CCCC(=O)N(CCCOCC)CC(=O)N(Cc1cccn1Cc1ccccc1Cl)CC(C)C. The van der Waals surface area contributed by atoms with Crippen LogP contribution >= 0.6 is 11.6 Å². The van der Waals surface area contributed by atoms with Gasteiger partial charge in [-0.1, -0.05) is 50.6 Å². The maximum Gasteiger partial charge on any atom is 0.242 e. The first-order chi connectivity index (χ1) is 16.3. The minimum atomic E-state index is -0.0277. The molecular formula is C27H40ClN3O3. The van der Waals surface area contributed by atoms with Crippen LogP contribution in [0.3, 0.4) is 0 Å². The molecule has 0 radical (unpaired) electrons. The van der Waals surface area contributed by atoms with E-state index in [9.17, 15) is 9.59 Å². The molecule has 0 unspecified atom stereocenters. The van der Waals surface area contributed by atoms with Crippen molar-refractivity contribution in [2.24, 2.45) is 5.92 Å². The zero-order chi connectivity index (χ0) is 24.9. The molecule has 1 aromatic heterocycles. The minimum absolute atomic E-state index is 0.0268. The van der Waals surface area contributed by atoms with Gasteiger partial charge < -0.3 is 19.1 Å². The molecule has 2 amide bonds. The van der Waals surface area contributed by atoms with Crippen molar-refractivity contribution >= 4 is 23.4 Å². The first-order valence-electron chi connectivity index (χ1n) is 12.4. The molecule has 0 bridgehead atoms. The molecule has 188 valence electrons. The van der Waals surface area contributed by atoms with E-state index in [2.05, 4.69) is 18.4 Å². The summed E-state index contributed by atoms with van der Waals surface area (Å²) in [6.45, 7) is 11.8. The highest BCUT2D eigenvalue weighted by atomic mass is 35.5. The Morgan fingerprint density at radius 3 is 2.50 bits per heavy atom. The van der Waals surface area contributed by atoms with Crippen LogP contribution in [0.1, 0.15) is 58.2 Å². The van der Waals surface area contributed by atoms with E-state index in [0.29, 0.717) is 51.7 Å². The van der Waals surface area contributed by atoms with Gasteiger partial charge >= 0.3 is 0 Å². The number of rotatable bonds is 15. The van der Waals surface area contributed by atoms with Crippen LogP contribution in [0.5, 0.6) is 0 Å². The lowest BCUT2D eigenvalue weighted by molar-refractivity contribution is -0.141. The van der Waals surface area contributed by atoms with Crippen molar-refractivity contribution in [2.75, 3.05) is 32.8 Å². The Hall–Kier alpha value is -2.31. The number of hydrogen-bond donors (Lipinski definition) is 0. The van der Waals surface area contributed by atoms with E-state index in [0.717, 1.165) is 29.1 Å². The van der Waals surface area contributed by atoms with Gasteiger partial charge in [0.2, 0.25) is 11.8 Å². The Balaban J connectivity index is 2.13. The van der Waals surface area contributed by atoms with Crippen LogP contribution in [0.25, 0.3) is 0 Å². The number of benzene rings is 1. The number of carbonyl (C=O) groups is 2. The summed E-state index contributed by atoms with van der Waals surface area (Å²) in [5.74, 6) is 0.313. The van der Waals surface area contributed by atoms with Gasteiger partial charge in [-0.15, -0.1) is 0 Å². The molecular weight excluding hydrogens is 450 g/mol. The highest BCUT2D eigenvalue weighted by molar-refractivity contribution is 6.31. The molecule has 0 N–H and O–H groups in total. The summed E-state index contributed by atoms with van der Waals surface area (Å²) in [5, 5.41) is 0.731. The summed E-state index contributed by atoms with van der Waals surface area (Å²) in [5.41, 5.74) is 2.07. The lowest BCUT2D eigenvalue weighted by Crippen LogP contribution is -2.44. The average Bonchev–Trinajstić information content (AvgIpc) is 3.23. The maximum atomic E-state index is 13.4. The number of amides is 2. The second-order valence-electron chi connectivity index (χ2n) is 9.00. The first-order valence-corrected chi connectivity index (χ1v) is 12.7. The molecule has 0 aliphatic heterocycles. The first kappa shape index (κ1) is 27.9. The minimum Gasteiger partial charge on any atom is -0.382 e. The van der Waals surface area contributed by atoms with Crippen molar-refractivity contribution in [1.82, 2.24) is 14.4 Å². The average molecular weight is 490 g/mol. The number of aromatic nitrogens is 1. The molecule has 0 aliphatic rings. The molecule has 0 saturated heterocycles. The lowest BCUT2D eigenvalue weighted by atomic mass is 10.2. The van der Waals surface area contributed by atoms with E-state index >= 15 is 0 Å². The van der Waals surface area contributed by atoms with Gasteiger partial charge in [0.1, 0.15) is 0 Å². The normalized spacial score (nSPS) is 11.1. The fourth-order valence-electron chi connectivity index (χ4n) is 3.88. The van der Waals surface area contributed by atoms with E-state index in [4.69, 9.17) is 16.3 Å². The topological polar surface area (TPSA) is 54.8 Å². The third-order valence-corrected chi connectivity index (χ3v) is 5.95. The largest absolute Gasteiger partial charge is 0.382 e. The molecule has 0 aliphatic carbocycles. The van der Waals surface area contributed by atoms with Gasteiger partial charge in [-0.05, 0) is 49.4 Å². The van der Waals surface area contributed by atoms with Gasteiger partial charge in [-0.3, -0.25) is 9.59 Å². The van der Waals surface area contributed by atoms with E-state index < -0.39 is 0 Å². The Labute approximate surface area is 209 Å². The summed E-state index contributed by atoms with van der Waals surface area (Å²) >= 11 is 6.37. The predicted octanol–water partition coefficient (Wildman–Crippen LogP) is 5.23. The summed E-state index contributed by atoms with van der Waals surface area (Å²) in [6.07, 6.45) is 3.95. The van der Waals surface area contributed by atoms with Crippen molar-refractivity contribution in [1.29, 1.82) is 0 Å². The van der Waals surface area contributed by atoms with Gasteiger partial charge in [-0.2, -0.15) is 0 Å². The molecule has 1 heterocycles. The zero-order valence-corrected chi connectivity index (χ0v) is 21.9. The molecule has 7 heteroatoms. The Bertz CT molecular complexity index is 897. The standard InChI is InChI=1S/C27H40ClN3O3/c1-5-11-26(32)30(16-10-17-34-6-2)21-27(33)31(18-22(3)4)20-24-13-9-15-29(24)19-23-12-7-8-14-25(23)28/h7-9,12-15,22H,5-6,10-11,16-21H2,1-4H3. The fourth-order valence-corrected chi connectivity index (χ4v) is 4.07. The third-order valence-electron chi connectivity index (χ3n) is 5.58. The monoisotopic (exact) mass is 489 g/mol. The summed E-state index contributed by atoms with van der Waals surface area (Å²) < 4.78 is 7.55. The smallest absolute Gasteiger partial charge is 0.242 e. The molecule has 0 atom stereocenters. The molecule has 0 spiro atoms. The van der Waals surface area contributed by atoms with Crippen molar-refractivity contribution < 1.29 is 14.3 Å². The highest BCUT2D eigenvalue weighted by Crippen LogP contribution is 2.18. The van der Waals surface area contributed by atoms with Crippen LogP contribution in [0.4, 0.5) is 0 Å². The second kappa shape index (κ2) is 14.8.